The van der Waals surface area contributed by atoms with Crippen molar-refractivity contribution in [3.05, 3.63) is 270 Å². The lowest BCUT2D eigenvalue weighted by molar-refractivity contribution is -0.169. The van der Waals surface area contributed by atoms with Crippen LogP contribution in [0, 0.1) is 17.8 Å². The standard InChI is InChI=1S/C19H22ClN3O3.C12H17ClN2O3.C11H13ClFIN2O3.C10H11ClFIN2O4.C10H12ClIN2O4.C10H13ClN2O5.C10H11ClN2O4/c1-4-14-12(2)19(3,20)17(26-14)23-11-10-15(22-18(23)25)21-16(24)13-8-6-5-7-9-13;1-4-8-7(2)12(3,13)10(18-8)15-6-5-9(16)14-11(15)17;1-6-10(2,12)8(19-11(6,13)5-14)16-4-3-7(17)15-9(16)18;1-9(11)6(17)10(12,4-13)19-7(9)15-3-2-5(16)14-8(15)18;1-10(11)7(16)5(4-12)18-8(10)14-3-2-6(15)13-9(14)17;1-10(11)7(16)5(4-14)18-8(10)13-3-2-6(15)12-9(13)17;1-5-7(15)10(2,11)8(17-5)13-4-3-6(14)12-9(13)16/h5-12,14,17H,4H2,1-3H3,(H,21,22,24,25);5-8,10H,4H2,1-3H3,(H,14,16,17);3-4,6,8H,5H2,1-2H3,(H,15,17,18);2-3,6-7,17H,4H2,1H3,(H,14,16,18);2-3,5,7-8,16H,4H2,1H3,(H,13,15,17);2-3,5,7-8,14,16H,4H2,1H3,(H,12,15,17);3-4,7-8,15H,1H2,2H3,(H,12,14,16)/t12-,14-,17-,19-;7-,8-,10-,12-;6-,8+,10+,11+;6-,7+,9+,10+;2*5-,7-,8-,10-;7-,8-,10-/m1100111/s1. The van der Waals surface area contributed by atoms with Gasteiger partial charge in [0.25, 0.3) is 39.3 Å². The maximum atomic E-state index is 14.6. The molecule has 0 radical (unpaired) electrons. The summed E-state index contributed by atoms with van der Waals surface area (Å²) in [5.41, 5.74) is -7.01. The summed E-state index contributed by atoms with van der Waals surface area (Å²) in [6.45, 7) is 24.2. The molecule has 27 atom stereocenters. The third-order valence-corrected chi connectivity index (χ3v) is 30.1. The molecule has 41 nitrogen and oxygen atoms in total. The van der Waals surface area contributed by atoms with E-state index in [0.717, 1.165) is 49.4 Å². The fourth-order valence-electron chi connectivity index (χ4n) is 15.4. The average Bonchev–Trinajstić information content (AvgIpc) is 1.70. The third kappa shape index (κ3) is 23.9. The highest BCUT2D eigenvalue weighted by Gasteiger charge is 2.64. The molecule has 15 rings (SSSR count). The summed E-state index contributed by atoms with van der Waals surface area (Å²) in [4.78, 5) is 170. The molecule has 53 heteroatoms. The van der Waals surface area contributed by atoms with Gasteiger partial charge in [-0.3, -0.25) is 95.4 Å². The zero-order valence-corrected chi connectivity index (χ0v) is 85.5. The summed E-state index contributed by atoms with van der Waals surface area (Å²) in [6.07, 6.45) is -1.30. The number of hydrogen-bond donors (Lipinski definition) is 12. The zero-order valence-electron chi connectivity index (χ0n) is 73.7. The molecule has 14 heterocycles. The van der Waals surface area contributed by atoms with E-state index >= 15 is 0 Å². The van der Waals surface area contributed by atoms with Crippen molar-refractivity contribution in [2.24, 2.45) is 17.8 Å². The molecule has 1 amide bonds. The fourth-order valence-corrected chi connectivity index (χ4v) is 19.6. The molecule has 7 aliphatic heterocycles. The third-order valence-electron chi connectivity index (χ3n) is 24.0. The fraction of sp³-hybridized carbons (Fsp3) is 0.549. The molecular weight excluding hydrogens is 2280 g/mol. The molecule has 7 aromatic heterocycles. The Hall–Kier alpha value is -7.17. The lowest BCUT2D eigenvalue weighted by Crippen LogP contribution is -2.45. The minimum absolute atomic E-state index is 0.0105. The summed E-state index contributed by atoms with van der Waals surface area (Å²) in [5, 5.41) is 51.3. The van der Waals surface area contributed by atoms with Crippen LogP contribution in [0.4, 0.5) is 14.6 Å². The number of ether oxygens (including phenoxy) is 7. The van der Waals surface area contributed by atoms with Gasteiger partial charge in [0.1, 0.15) is 61.6 Å². The number of nitrogens with zero attached hydrogens (tertiary/aromatic N) is 8. The quantitative estimate of drug-likeness (QED) is 0.0402. The molecular formula is C82H99Cl7F2I3N15O26. The minimum Gasteiger partial charge on any atom is -0.470 e. The first kappa shape index (κ1) is 111. The summed E-state index contributed by atoms with van der Waals surface area (Å²) in [6, 6.07) is 17.4. The van der Waals surface area contributed by atoms with Crippen LogP contribution in [-0.4, -0.2) is 213 Å². The number of anilines is 1. The van der Waals surface area contributed by atoms with E-state index in [9.17, 15) is 96.3 Å². The normalized spacial score (nSPS) is 34.7. The van der Waals surface area contributed by atoms with E-state index in [2.05, 4.69) is 64.4 Å². The van der Waals surface area contributed by atoms with Crippen LogP contribution in [0.2, 0.25) is 0 Å². The van der Waals surface area contributed by atoms with Crippen LogP contribution in [0.15, 0.2) is 191 Å². The van der Waals surface area contributed by atoms with E-state index in [-0.39, 0.29) is 50.4 Å². The number of carbonyl (C=O) groups is 1. The lowest BCUT2D eigenvalue weighted by Gasteiger charge is -2.27. The first-order valence-corrected chi connectivity index (χ1v) is 48.4. The van der Waals surface area contributed by atoms with E-state index in [1.807, 2.05) is 75.2 Å². The van der Waals surface area contributed by atoms with E-state index < -0.39 is 212 Å². The Labute approximate surface area is 839 Å². The van der Waals surface area contributed by atoms with Crippen molar-refractivity contribution in [1.29, 1.82) is 0 Å². The first-order valence-electron chi connectivity index (χ1n) is 41.1. The number of alkyl halides is 12. The molecule has 135 heavy (non-hydrogen) atoms. The molecule has 7 aliphatic rings. The first-order chi connectivity index (χ1) is 62.7. The lowest BCUT2D eigenvalue weighted by atomic mass is 9.90. The number of carbonyl (C=O) groups excluding carboxylic acids is 1. The SMILES string of the molecule is C=C1O[C@@H](n2ccc(=O)[nH]c2=O)[C@](C)(Cl)[C@@H]1O.CC[C@H]1O[C@@H](n2ccc(=O)[nH]c2=O)[C@](C)(Cl)[C@@H]1C.CC[C@H]1O[C@@H](n2ccc(NC(=O)c3ccccc3)nc2=O)[C@](C)(Cl)[C@@H]1C.C[C@@]1(Cl)[C@H](O)[C@@H](CI)O[C@H]1n1ccc(=O)[nH]c1=O.C[C@@]1(Cl)[C@H](O)[C@@H](CO)O[C@H]1n1ccc(=O)[nH]c1=O.C[C@H]1[C@@](C)(Cl)[C@H](n2ccc(=O)[nH]c2=O)O[C@]1(F)CI.C[C@]1(Cl)[C@H](n2ccc(=O)[nH]c2=O)O[C@](F)(CI)[C@H]1O. The smallest absolute Gasteiger partial charge is 0.351 e. The predicted octanol–water partition coefficient (Wildman–Crippen LogP) is 6.19. The number of rotatable bonds is 15. The van der Waals surface area contributed by atoms with Gasteiger partial charge in [0.2, 0.25) is 17.9 Å². The van der Waals surface area contributed by atoms with Gasteiger partial charge < -0.3 is 64.0 Å². The number of aliphatic hydroxyl groups is 5. The van der Waals surface area contributed by atoms with E-state index in [0.29, 0.717) is 9.99 Å². The number of aliphatic hydroxyl groups excluding tert-OH is 5. The average molecular weight is 2380 g/mol. The zero-order chi connectivity index (χ0) is 101. The summed E-state index contributed by atoms with van der Waals surface area (Å²) in [7, 11) is 0. The van der Waals surface area contributed by atoms with Gasteiger partial charge in [-0.05, 0) is 79.5 Å². The maximum Gasteiger partial charge on any atom is 0.351 e. The Morgan fingerprint density at radius 3 is 1.05 bits per heavy atom. The Bertz CT molecular complexity index is 6070. The second-order valence-electron chi connectivity index (χ2n) is 33.5. The van der Waals surface area contributed by atoms with Crippen molar-refractivity contribution < 1.29 is 72.3 Å². The van der Waals surface area contributed by atoms with Crippen molar-refractivity contribution in [1.82, 2.24) is 66.9 Å². The number of H-pyrrole nitrogens is 6. The Balaban J connectivity index is 0.000000178. The maximum absolute atomic E-state index is 14.6. The van der Waals surface area contributed by atoms with Gasteiger partial charge in [-0.25, -0.2) is 42.3 Å². The van der Waals surface area contributed by atoms with Gasteiger partial charge in [0.05, 0.1) is 48.4 Å². The van der Waals surface area contributed by atoms with Crippen molar-refractivity contribution in [2.75, 3.05) is 25.2 Å². The minimum atomic E-state index is -2.35. The van der Waals surface area contributed by atoms with Gasteiger partial charge in [0.15, 0.2) is 37.4 Å². The van der Waals surface area contributed by atoms with E-state index in [4.69, 9.17) is 119 Å². The molecule has 7 saturated heterocycles. The molecule has 0 saturated carbocycles. The second-order valence-corrected chi connectivity index (χ2v) is 41.6. The number of halogens is 12. The number of hydrogen-bond acceptors (Lipinski definition) is 27. The highest BCUT2D eigenvalue weighted by molar-refractivity contribution is 14.1. The number of amides is 1. The number of aromatic nitrogens is 14. The molecule has 7 fully saturated rings. The molecule has 0 unspecified atom stereocenters. The second kappa shape index (κ2) is 44.3. The topological polar surface area (TPSA) is 559 Å². The molecule has 0 spiro atoms. The van der Waals surface area contributed by atoms with Crippen molar-refractivity contribution >= 4 is 161 Å². The molecule has 1 aromatic carbocycles. The van der Waals surface area contributed by atoms with Gasteiger partial charge in [-0.2, -0.15) is 4.98 Å². The van der Waals surface area contributed by atoms with Crippen LogP contribution < -0.4 is 78.5 Å². The van der Waals surface area contributed by atoms with Crippen LogP contribution in [0.5, 0.6) is 0 Å². The van der Waals surface area contributed by atoms with Crippen molar-refractivity contribution in [3.8, 4) is 0 Å². The van der Waals surface area contributed by atoms with Crippen LogP contribution in [-0.2, 0) is 33.2 Å². The highest BCUT2D eigenvalue weighted by Crippen LogP contribution is 2.55. The molecule has 0 bridgehead atoms. The van der Waals surface area contributed by atoms with E-state index in [1.54, 1.807) is 79.9 Å². The van der Waals surface area contributed by atoms with Gasteiger partial charge in [-0.15, -0.1) is 81.2 Å². The van der Waals surface area contributed by atoms with Gasteiger partial charge in [-0.1, -0.05) is 127 Å². The molecule has 0 aliphatic carbocycles. The summed E-state index contributed by atoms with van der Waals surface area (Å²) in [5.74, 6) is -4.71. The molecule has 12 N–H and O–H groups in total. The molecule has 8 aromatic rings. The van der Waals surface area contributed by atoms with Crippen molar-refractivity contribution in [2.45, 2.75) is 234 Å². The Kier molecular flexibility index (Phi) is 36.6. The highest BCUT2D eigenvalue weighted by atomic mass is 127. The van der Waals surface area contributed by atoms with Crippen LogP contribution in [0.3, 0.4) is 0 Å². The largest absolute Gasteiger partial charge is 0.470 e. The predicted molar refractivity (Wildman–Crippen MR) is 519 cm³/mol. The molecule has 742 valence electrons. The monoisotopic (exact) mass is 2370 g/mol. The van der Waals surface area contributed by atoms with Crippen molar-refractivity contribution in [3.63, 3.8) is 0 Å². The Morgan fingerprint density at radius 1 is 0.437 bits per heavy atom. The summed E-state index contributed by atoms with van der Waals surface area (Å²) < 4.78 is 76.1. The van der Waals surface area contributed by atoms with Gasteiger partial charge >= 0.3 is 39.8 Å². The number of nitrogens with one attached hydrogen (secondary N) is 7. The summed E-state index contributed by atoms with van der Waals surface area (Å²) >= 11 is 50.0. The Morgan fingerprint density at radius 2 is 0.756 bits per heavy atom. The number of benzene rings is 1. The van der Waals surface area contributed by atoms with Crippen LogP contribution in [0.1, 0.15) is 150 Å². The van der Waals surface area contributed by atoms with Crippen LogP contribution >= 0.6 is 149 Å². The van der Waals surface area contributed by atoms with Gasteiger partial charge in [0, 0.05) is 108 Å². The van der Waals surface area contributed by atoms with Crippen LogP contribution in [0.25, 0.3) is 0 Å². The van der Waals surface area contributed by atoms with E-state index in [1.165, 1.54) is 89.7 Å². The number of aromatic amines is 6.